The minimum Gasteiger partial charge on any atom is -0.367 e. The normalized spacial score (nSPS) is 18.5. The number of aryl methyl sites for hydroxylation is 2. The Balaban J connectivity index is 1.55. The average Bonchev–Trinajstić information content (AvgIpc) is 3.19. The molecule has 1 aliphatic heterocycles. The molecule has 3 heterocycles. The average molecular weight is 345 g/mol. The summed E-state index contributed by atoms with van der Waals surface area (Å²) in [6.45, 7) is 4.54. The van der Waals surface area contributed by atoms with Crippen LogP contribution in [0.4, 0.5) is 5.69 Å². The van der Waals surface area contributed by atoms with E-state index in [-0.39, 0.29) is 0 Å². The van der Waals surface area contributed by atoms with Crippen LogP contribution in [0.3, 0.4) is 0 Å². The molecule has 1 aliphatic rings. The number of rotatable bonds is 4. The van der Waals surface area contributed by atoms with Crippen LogP contribution in [-0.4, -0.2) is 56.7 Å². The molecular formula is C16H27N9. The number of hydrogen-bond acceptors (Lipinski definition) is 5. The van der Waals surface area contributed by atoms with Gasteiger partial charge in [-0.25, -0.2) is 0 Å². The highest BCUT2D eigenvalue weighted by molar-refractivity contribution is 5.80. The molecule has 0 bridgehead atoms. The number of piperidine rings is 1. The van der Waals surface area contributed by atoms with E-state index in [9.17, 15) is 0 Å². The van der Waals surface area contributed by atoms with E-state index >= 15 is 0 Å². The van der Waals surface area contributed by atoms with E-state index in [1.165, 1.54) is 5.69 Å². The van der Waals surface area contributed by atoms with Crippen molar-refractivity contribution in [2.45, 2.75) is 32.4 Å². The van der Waals surface area contributed by atoms with Gasteiger partial charge in [-0.3, -0.25) is 9.67 Å². The first-order valence-corrected chi connectivity index (χ1v) is 8.62. The van der Waals surface area contributed by atoms with Crippen molar-refractivity contribution in [1.82, 2.24) is 35.2 Å². The third-order valence-electron chi connectivity index (χ3n) is 4.64. The van der Waals surface area contributed by atoms with Crippen molar-refractivity contribution in [3.05, 3.63) is 24.0 Å². The van der Waals surface area contributed by atoms with Gasteiger partial charge in [0.2, 0.25) is 0 Å². The summed E-state index contributed by atoms with van der Waals surface area (Å²) in [6, 6.07) is 0.349. The number of aromatic nitrogens is 5. The highest BCUT2D eigenvalue weighted by atomic mass is 15.3. The van der Waals surface area contributed by atoms with E-state index in [1.807, 2.05) is 36.5 Å². The second-order valence-corrected chi connectivity index (χ2v) is 6.45. The van der Waals surface area contributed by atoms with Crippen molar-refractivity contribution in [2.75, 3.05) is 25.0 Å². The fourth-order valence-electron chi connectivity index (χ4n) is 3.06. The predicted molar refractivity (Wildman–Crippen MR) is 97.5 cm³/mol. The van der Waals surface area contributed by atoms with Crippen LogP contribution in [0.5, 0.6) is 0 Å². The van der Waals surface area contributed by atoms with Gasteiger partial charge in [-0.2, -0.15) is 5.10 Å². The van der Waals surface area contributed by atoms with Crippen molar-refractivity contribution in [1.29, 1.82) is 0 Å². The van der Waals surface area contributed by atoms with Crippen LogP contribution in [0.1, 0.15) is 24.5 Å². The maximum absolute atomic E-state index is 4.34. The van der Waals surface area contributed by atoms with Gasteiger partial charge in [-0.05, 0) is 19.8 Å². The van der Waals surface area contributed by atoms with Gasteiger partial charge in [0.15, 0.2) is 11.8 Å². The van der Waals surface area contributed by atoms with Crippen LogP contribution in [-0.2, 0) is 20.6 Å². The van der Waals surface area contributed by atoms with Crippen LogP contribution in [0.15, 0.2) is 17.4 Å². The van der Waals surface area contributed by atoms with Gasteiger partial charge in [0.1, 0.15) is 5.82 Å². The zero-order chi connectivity index (χ0) is 17.8. The van der Waals surface area contributed by atoms with Crippen LogP contribution in [0, 0.1) is 6.92 Å². The summed E-state index contributed by atoms with van der Waals surface area (Å²) in [5, 5.41) is 19.4. The summed E-state index contributed by atoms with van der Waals surface area (Å²) >= 11 is 0. The molecule has 0 aliphatic carbocycles. The molecule has 25 heavy (non-hydrogen) atoms. The Kier molecular flexibility index (Phi) is 5.20. The SMILES string of the molecule is CN=C(NCc1nnc(C)n1C)NC1CCCN(c2cnn(C)c2)C1. The topological polar surface area (TPSA) is 88.2 Å². The summed E-state index contributed by atoms with van der Waals surface area (Å²) in [4.78, 5) is 6.71. The summed E-state index contributed by atoms with van der Waals surface area (Å²) in [7, 11) is 5.71. The second-order valence-electron chi connectivity index (χ2n) is 6.45. The van der Waals surface area contributed by atoms with E-state index in [4.69, 9.17) is 0 Å². The van der Waals surface area contributed by atoms with Crippen LogP contribution >= 0.6 is 0 Å². The highest BCUT2D eigenvalue weighted by Gasteiger charge is 2.21. The Morgan fingerprint density at radius 1 is 1.36 bits per heavy atom. The van der Waals surface area contributed by atoms with Crippen LogP contribution in [0.25, 0.3) is 0 Å². The fraction of sp³-hybridized carbons (Fsp3) is 0.625. The molecule has 0 saturated carbocycles. The van der Waals surface area contributed by atoms with Crippen LogP contribution in [0.2, 0.25) is 0 Å². The fourth-order valence-corrected chi connectivity index (χ4v) is 3.06. The number of hydrogen-bond donors (Lipinski definition) is 2. The van der Waals surface area contributed by atoms with Crippen molar-refractivity contribution >= 4 is 11.6 Å². The second kappa shape index (κ2) is 7.54. The molecule has 1 atom stereocenters. The molecular weight excluding hydrogens is 318 g/mol. The molecule has 2 N–H and O–H groups in total. The van der Waals surface area contributed by atoms with Crippen LogP contribution < -0.4 is 15.5 Å². The van der Waals surface area contributed by atoms with E-state index in [2.05, 4.69) is 42.0 Å². The van der Waals surface area contributed by atoms with E-state index in [0.717, 1.165) is 43.5 Å². The largest absolute Gasteiger partial charge is 0.367 e. The number of nitrogens with zero attached hydrogens (tertiary/aromatic N) is 7. The molecule has 0 spiro atoms. The number of aliphatic imine (C=N–C) groups is 1. The van der Waals surface area contributed by atoms with Crippen molar-refractivity contribution in [3.8, 4) is 0 Å². The summed E-state index contributed by atoms with van der Waals surface area (Å²) < 4.78 is 3.82. The molecule has 1 fully saturated rings. The number of nitrogens with one attached hydrogen (secondary N) is 2. The molecule has 0 aromatic carbocycles. The van der Waals surface area contributed by atoms with Gasteiger partial charge in [-0.15, -0.1) is 10.2 Å². The van der Waals surface area contributed by atoms with Crippen molar-refractivity contribution < 1.29 is 0 Å². The smallest absolute Gasteiger partial charge is 0.191 e. The molecule has 0 radical (unpaired) electrons. The Bertz CT molecular complexity index is 730. The number of guanidine groups is 1. The van der Waals surface area contributed by atoms with Gasteiger partial charge in [0.05, 0.1) is 18.4 Å². The molecule has 1 saturated heterocycles. The lowest BCUT2D eigenvalue weighted by Gasteiger charge is -2.34. The Morgan fingerprint density at radius 2 is 2.20 bits per heavy atom. The minimum absolute atomic E-state index is 0.349. The minimum atomic E-state index is 0.349. The Labute approximate surface area is 148 Å². The van der Waals surface area contributed by atoms with Crippen molar-refractivity contribution in [2.24, 2.45) is 19.1 Å². The maximum atomic E-state index is 4.34. The van der Waals surface area contributed by atoms with Gasteiger partial charge < -0.3 is 20.1 Å². The van der Waals surface area contributed by atoms with E-state index in [0.29, 0.717) is 12.6 Å². The lowest BCUT2D eigenvalue weighted by atomic mass is 10.1. The maximum Gasteiger partial charge on any atom is 0.191 e. The summed E-state index contributed by atoms with van der Waals surface area (Å²) in [5.74, 6) is 2.58. The van der Waals surface area contributed by atoms with E-state index in [1.54, 1.807) is 7.05 Å². The molecule has 2 aromatic rings. The molecule has 9 nitrogen and oxygen atoms in total. The Morgan fingerprint density at radius 3 is 2.84 bits per heavy atom. The monoisotopic (exact) mass is 345 g/mol. The zero-order valence-corrected chi connectivity index (χ0v) is 15.4. The van der Waals surface area contributed by atoms with Gasteiger partial charge >= 0.3 is 0 Å². The number of anilines is 1. The molecule has 1 unspecified atom stereocenters. The zero-order valence-electron chi connectivity index (χ0n) is 15.4. The third-order valence-corrected chi connectivity index (χ3v) is 4.64. The summed E-state index contributed by atoms with van der Waals surface area (Å²) in [5.41, 5.74) is 1.17. The molecule has 2 aromatic heterocycles. The standard InChI is InChI=1S/C16H27N9/c1-12-21-22-15(24(12)4)9-18-16(17-2)20-13-6-5-7-25(10-13)14-8-19-23(3)11-14/h8,11,13H,5-7,9-10H2,1-4H3,(H2,17,18,20). The Hall–Kier alpha value is -2.58. The molecule has 3 rings (SSSR count). The lowest BCUT2D eigenvalue weighted by Crippen LogP contribution is -2.51. The highest BCUT2D eigenvalue weighted by Crippen LogP contribution is 2.18. The van der Waals surface area contributed by atoms with Gasteiger partial charge in [0.25, 0.3) is 0 Å². The molecule has 0 amide bonds. The van der Waals surface area contributed by atoms with Gasteiger partial charge in [-0.1, -0.05) is 0 Å². The third kappa shape index (κ3) is 4.09. The molecule has 9 heteroatoms. The quantitative estimate of drug-likeness (QED) is 0.608. The predicted octanol–water partition coefficient (Wildman–Crippen LogP) is 0.191. The van der Waals surface area contributed by atoms with Gasteiger partial charge in [0, 0.05) is 46.5 Å². The first kappa shape index (κ1) is 17.2. The first-order chi connectivity index (χ1) is 12.1. The van der Waals surface area contributed by atoms with Crippen molar-refractivity contribution in [3.63, 3.8) is 0 Å². The first-order valence-electron chi connectivity index (χ1n) is 8.62. The molecule has 136 valence electrons. The van der Waals surface area contributed by atoms with E-state index < -0.39 is 0 Å². The lowest BCUT2D eigenvalue weighted by molar-refractivity contribution is 0.467. The summed E-state index contributed by atoms with van der Waals surface area (Å²) in [6.07, 6.45) is 6.25.